The number of aromatic nitrogens is 1. The zero-order valence-electron chi connectivity index (χ0n) is 12.6. The maximum Gasteiger partial charge on any atom is 0.194 e. The maximum absolute atomic E-state index is 12.6. The van der Waals surface area contributed by atoms with E-state index in [0.29, 0.717) is 11.3 Å². The number of sulfone groups is 1. The molecule has 1 N–H and O–H groups in total. The minimum atomic E-state index is -3.42. The Balaban J connectivity index is 2.33. The van der Waals surface area contributed by atoms with Gasteiger partial charge in [-0.3, -0.25) is 4.79 Å². The van der Waals surface area contributed by atoms with E-state index in [1.54, 1.807) is 0 Å². The summed E-state index contributed by atoms with van der Waals surface area (Å²) in [5, 5.41) is 0.848. The van der Waals surface area contributed by atoms with Gasteiger partial charge in [0.25, 0.3) is 0 Å². The van der Waals surface area contributed by atoms with Crippen molar-refractivity contribution in [3.63, 3.8) is 0 Å². The molecule has 1 heterocycles. The van der Waals surface area contributed by atoms with Gasteiger partial charge in [-0.1, -0.05) is 62.2 Å². The van der Waals surface area contributed by atoms with Gasteiger partial charge in [0.1, 0.15) is 5.75 Å². The van der Waals surface area contributed by atoms with Crippen LogP contribution in [0.15, 0.2) is 51.4 Å². The first-order valence-corrected chi connectivity index (χ1v) is 10.7. The van der Waals surface area contributed by atoms with Crippen LogP contribution in [-0.4, -0.2) is 31.2 Å². The molecule has 4 nitrogen and oxygen atoms in total. The normalized spacial score (nSPS) is 11.8. The van der Waals surface area contributed by atoms with Gasteiger partial charge in [0.2, 0.25) is 0 Å². The van der Waals surface area contributed by atoms with Crippen molar-refractivity contribution < 1.29 is 13.2 Å². The molecule has 0 amide bonds. The van der Waals surface area contributed by atoms with Crippen molar-refractivity contribution in [1.29, 1.82) is 0 Å². The minimum Gasteiger partial charge on any atom is -0.351 e. The highest BCUT2D eigenvalue weighted by molar-refractivity contribution is 9.11. The van der Waals surface area contributed by atoms with Crippen LogP contribution in [0.2, 0.25) is 0 Å². The molecular formula is C17H13Br2NO3S. The van der Waals surface area contributed by atoms with Crippen molar-refractivity contribution in [3.8, 4) is 11.1 Å². The third kappa shape index (κ3) is 3.48. The lowest BCUT2D eigenvalue weighted by Crippen LogP contribution is -2.15. The summed E-state index contributed by atoms with van der Waals surface area (Å²) in [5.41, 5.74) is 2.62. The lowest BCUT2D eigenvalue weighted by molar-refractivity contribution is 0.101. The number of hydrogen-bond acceptors (Lipinski definition) is 3. The summed E-state index contributed by atoms with van der Waals surface area (Å²) in [6.07, 6.45) is 1.06. The van der Waals surface area contributed by atoms with Crippen LogP contribution < -0.4 is 0 Å². The zero-order chi connectivity index (χ0) is 17.5. The van der Waals surface area contributed by atoms with Crippen molar-refractivity contribution >= 4 is 58.4 Å². The van der Waals surface area contributed by atoms with E-state index < -0.39 is 21.4 Å². The van der Waals surface area contributed by atoms with Gasteiger partial charge in [0, 0.05) is 31.7 Å². The molecule has 0 saturated heterocycles. The van der Waals surface area contributed by atoms with Crippen LogP contribution >= 0.6 is 31.9 Å². The van der Waals surface area contributed by atoms with Gasteiger partial charge in [-0.2, -0.15) is 0 Å². The number of H-pyrrole nitrogens is 1. The molecule has 3 rings (SSSR count). The highest BCUT2D eigenvalue weighted by Gasteiger charge is 2.23. The average Bonchev–Trinajstić information content (AvgIpc) is 2.86. The number of ketones is 1. The van der Waals surface area contributed by atoms with E-state index in [2.05, 4.69) is 36.8 Å². The summed E-state index contributed by atoms with van der Waals surface area (Å²) in [6.45, 7) is 0. The number of fused-ring (bicyclic) bond motifs is 1. The van der Waals surface area contributed by atoms with Gasteiger partial charge < -0.3 is 4.98 Å². The number of hydrogen-bond donors (Lipinski definition) is 1. The molecule has 0 aliphatic heterocycles. The lowest BCUT2D eigenvalue weighted by atomic mass is 10.0. The third-order valence-corrected chi connectivity index (χ3v) is 5.42. The summed E-state index contributed by atoms with van der Waals surface area (Å²) in [4.78, 5) is 15.7. The Morgan fingerprint density at radius 3 is 2.42 bits per heavy atom. The largest absolute Gasteiger partial charge is 0.351 e. The second-order valence-electron chi connectivity index (χ2n) is 5.54. The van der Waals surface area contributed by atoms with Crippen molar-refractivity contribution in [2.24, 2.45) is 0 Å². The molecule has 0 fully saturated rings. The van der Waals surface area contributed by atoms with E-state index in [0.717, 1.165) is 31.7 Å². The molecule has 24 heavy (non-hydrogen) atoms. The van der Waals surface area contributed by atoms with Crippen LogP contribution in [0.3, 0.4) is 0 Å². The number of carbonyl (C=O) groups excluding carboxylic acids is 1. The fraction of sp³-hybridized carbons (Fsp3) is 0.118. The van der Waals surface area contributed by atoms with E-state index in [9.17, 15) is 13.2 Å². The Morgan fingerprint density at radius 2 is 1.79 bits per heavy atom. The van der Waals surface area contributed by atoms with Crippen molar-refractivity contribution in [2.45, 2.75) is 0 Å². The second-order valence-corrected chi connectivity index (χ2v) is 9.45. The summed E-state index contributed by atoms with van der Waals surface area (Å²) >= 11 is 6.97. The topological polar surface area (TPSA) is 67.0 Å². The van der Waals surface area contributed by atoms with E-state index in [1.807, 2.05) is 42.5 Å². The number of nitrogens with one attached hydrogen (secondary N) is 1. The lowest BCUT2D eigenvalue weighted by Gasteiger charge is -2.05. The van der Waals surface area contributed by atoms with Crippen LogP contribution in [0, 0.1) is 0 Å². The molecule has 0 aliphatic rings. The first-order chi connectivity index (χ1) is 11.3. The number of carbonyl (C=O) groups is 1. The summed E-state index contributed by atoms with van der Waals surface area (Å²) in [5.74, 6) is -0.978. The molecule has 0 aliphatic carbocycles. The molecule has 0 radical (unpaired) electrons. The molecule has 0 atom stereocenters. The van der Waals surface area contributed by atoms with Gasteiger partial charge in [-0.25, -0.2) is 8.42 Å². The molecule has 2 aromatic carbocycles. The number of benzene rings is 2. The molecule has 3 aromatic rings. The van der Waals surface area contributed by atoms with Gasteiger partial charge in [0.15, 0.2) is 15.6 Å². The van der Waals surface area contributed by atoms with Crippen LogP contribution in [0.25, 0.3) is 22.0 Å². The summed E-state index contributed by atoms with van der Waals surface area (Å²) < 4.78 is 24.8. The first-order valence-electron chi connectivity index (χ1n) is 7.03. The van der Waals surface area contributed by atoms with E-state index in [1.165, 1.54) is 0 Å². The highest BCUT2D eigenvalue weighted by atomic mass is 79.9. The Bertz CT molecular complexity index is 1040. The number of halogens is 2. The van der Waals surface area contributed by atoms with Gasteiger partial charge in [0.05, 0.1) is 5.69 Å². The van der Waals surface area contributed by atoms with Crippen LogP contribution in [0.4, 0.5) is 0 Å². The Morgan fingerprint density at radius 1 is 1.12 bits per heavy atom. The fourth-order valence-corrected chi connectivity index (χ4v) is 4.71. The van der Waals surface area contributed by atoms with Crippen LogP contribution in [0.5, 0.6) is 0 Å². The molecular weight excluding hydrogens is 458 g/mol. The molecule has 0 bridgehead atoms. The van der Waals surface area contributed by atoms with Crippen LogP contribution in [0.1, 0.15) is 10.5 Å². The highest BCUT2D eigenvalue weighted by Crippen LogP contribution is 2.39. The third-order valence-electron chi connectivity index (χ3n) is 3.55. The summed E-state index contributed by atoms with van der Waals surface area (Å²) in [6, 6.07) is 13.2. The van der Waals surface area contributed by atoms with Crippen molar-refractivity contribution in [3.05, 3.63) is 57.1 Å². The number of Topliss-reactive ketones (excluding diaryl/α,β-unsaturated/α-hetero) is 1. The minimum absolute atomic E-state index is 0.306. The molecule has 1 aromatic heterocycles. The maximum atomic E-state index is 12.6. The zero-order valence-corrected chi connectivity index (χ0v) is 16.6. The Hall–Kier alpha value is -1.44. The van der Waals surface area contributed by atoms with Gasteiger partial charge in [-0.05, 0) is 17.7 Å². The Labute approximate surface area is 156 Å². The smallest absolute Gasteiger partial charge is 0.194 e. The first kappa shape index (κ1) is 17.4. The SMILES string of the molecule is CS(=O)(=O)CC(=O)c1[nH]c2cc(Br)cc(Br)c2c1-c1ccccc1. The number of aromatic amines is 1. The van der Waals surface area contributed by atoms with E-state index in [4.69, 9.17) is 0 Å². The van der Waals surface area contributed by atoms with Crippen molar-refractivity contribution in [2.75, 3.05) is 12.0 Å². The average molecular weight is 471 g/mol. The van der Waals surface area contributed by atoms with Gasteiger partial charge >= 0.3 is 0 Å². The summed E-state index contributed by atoms with van der Waals surface area (Å²) in [7, 11) is -3.42. The molecule has 7 heteroatoms. The van der Waals surface area contributed by atoms with Crippen molar-refractivity contribution in [1.82, 2.24) is 4.98 Å². The fourth-order valence-electron chi connectivity index (χ4n) is 2.66. The van der Waals surface area contributed by atoms with Gasteiger partial charge in [-0.15, -0.1) is 0 Å². The molecule has 124 valence electrons. The number of rotatable bonds is 4. The predicted molar refractivity (Wildman–Crippen MR) is 103 cm³/mol. The monoisotopic (exact) mass is 469 g/mol. The molecule has 0 saturated carbocycles. The predicted octanol–water partition coefficient (Wildman–Crippen LogP) is 4.59. The Kier molecular flexibility index (Phi) is 4.68. The standard InChI is InChI=1S/C17H13Br2NO3S/c1-24(22,23)9-14(21)17-15(10-5-3-2-4-6-10)16-12(19)7-11(18)8-13(16)20-17/h2-8,20H,9H2,1H3. The second kappa shape index (κ2) is 6.46. The van der Waals surface area contributed by atoms with E-state index >= 15 is 0 Å². The molecule has 0 spiro atoms. The quantitative estimate of drug-likeness (QED) is 0.567. The molecule has 0 unspecified atom stereocenters. The van der Waals surface area contributed by atoms with E-state index in [-0.39, 0.29) is 0 Å². The van der Waals surface area contributed by atoms with Crippen LogP contribution in [-0.2, 0) is 9.84 Å².